The minimum Gasteiger partial charge on any atom is -0.299 e. The molecular formula is C6H7F3INO. The number of halogens is 4. The lowest BCUT2D eigenvalue weighted by atomic mass is 10.0. The molecule has 12 heavy (non-hydrogen) atoms. The monoisotopic (exact) mass is 293 g/mol. The number of alkyl halides is 3. The average Bonchev–Trinajstić information content (AvgIpc) is 2.67. The SMILES string of the molecule is O=C(CC1(C(F)(F)F)CC1)NI. The van der Waals surface area contributed by atoms with Crippen LogP contribution in [0.3, 0.4) is 0 Å². The van der Waals surface area contributed by atoms with Gasteiger partial charge < -0.3 is 0 Å². The number of carbonyl (C=O) groups is 1. The van der Waals surface area contributed by atoms with Crippen molar-refractivity contribution in [3.05, 3.63) is 0 Å². The molecule has 0 spiro atoms. The Labute approximate surface area is 81.4 Å². The number of hydrogen-bond donors (Lipinski definition) is 1. The highest BCUT2D eigenvalue weighted by molar-refractivity contribution is 14.1. The predicted molar refractivity (Wildman–Crippen MR) is 44.5 cm³/mol. The topological polar surface area (TPSA) is 29.1 Å². The van der Waals surface area contributed by atoms with Gasteiger partial charge in [-0.3, -0.25) is 8.32 Å². The Kier molecular flexibility index (Phi) is 2.55. The van der Waals surface area contributed by atoms with Crippen LogP contribution >= 0.6 is 22.9 Å². The fourth-order valence-electron chi connectivity index (χ4n) is 1.05. The minimum atomic E-state index is -4.23. The summed E-state index contributed by atoms with van der Waals surface area (Å²) in [5, 5.41) is 0. The van der Waals surface area contributed by atoms with Gasteiger partial charge in [0.25, 0.3) is 0 Å². The Morgan fingerprint density at radius 1 is 1.50 bits per heavy atom. The second-order valence-corrected chi connectivity index (χ2v) is 3.51. The molecule has 0 aromatic heterocycles. The maximum Gasteiger partial charge on any atom is 0.395 e. The van der Waals surface area contributed by atoms with E-state index in [0.717, 1.165) is 0 Å². The number of rotatable bonds is 2. The van der Waals surface area contributed by atoms with Crippen LogP contribution in [-0.4, -0.2) is 12.1 Å². The molecule has 0 saturated heterocycles. The van der Waals surface area contributed by atoms with Gasteiger partial charge in [-0.15, -0.1) is 0 Å². The van der Waals surface area contributed by atoms with Gasteiger partial charge in [-0.1, -0.05) is 0 Å². The van der Waals surface area contributed by atoms with E-state index in [9.17, 15) is 18.0 Å². The van der Waals surface area contributed by atoms with Crippen LogP contribution in [0, 0.1) is 5.41 Å². The third-order valence-corrected chi connectivity index (χ3v) is 2.66. The molecule has 0 heterocycles. The van der Waals surface area contributed by atoms with Crippen molar-refractivity contribution < 1.29 is 18.0 Å². The zero-order valence-electron chi connectivity index (χ0n) is 6.04. The molecule has 1 aliphatic rings. The molecule has 1 amide bonds. The fraction of sp³-hybridized carbons (Fsp3) is 0.833. The Balaban J connectivity index is 2.56. The second-order valence-electron chi connectivity index (χ2n) is 2.97. The van der Waals surface area contributed by atoms with Gasteiger partial charge in [0.1, 0.15) is 0 Å². The van der Waals surface area contributed by atoms with Gasteiger partial charge in [-0.25, -0.2) is 0 Å². The van der Waals surface area contributed by atoms with Crippen LogP contribution in [0.4, 0.5) is 13.2 Å². The summed E-state index contributed by atoms with van der Waals surface area (Å²) in [6, 6.07) is 0. The lowest BCUT2D eigenvalue weighted by Crippen LogP contribution is -2.29. The average molecular weight is 293 g/mol. The Morgan fingerprint density at radius 3 is 2.25 bits per heavy atom. The summed E-state index contributed by atoms with van der Waals surface area (Å²) < 4.78 is 38.8. The van der Waals surface area contributed by atoms with Gasteiger partial charge >= 0.3 is 6.18 Å². The second kappa shape index (κ2) is 3.04. The quantitative estimate of drug-likeness (QED) is 0.613. The highest BCUT2D eigenvalue weighted by atomic mass is 127. The summed E-state index contributed by atoms with van der Waals surface area (Å²) in [7, 11) is 0. The molecule has 1 N–H and O–H groups in total. The van der Waals surface area contributed by atoms with Crippen LogP contribution in [0.2, 0.25) is 0 Å². The van der Waals surface area contributed by atoms with Crippen LogP contribution in [0.1, 0.15) is 19.3 Å². The van der Waals surface area contributed by atoms with E-state index in [-0.39, 0.29) is 12.8 Å². The molecular weight excluding hydrogens is 286 g/mol. The standard InChI is InChI=1S/C6H7F3INO/c7-6(8,9)5(1-2-5)3-4(12)11-10/h1-3H2,(H,11,12). The number of carbonyl (C=O) groups excluding carboxylic acids is 1. The minimum absolute atomic E-state index is 0.0839. The molecule has 70 valence electrons. The molecule has 0 unspecified atom stereocenters. The molecule has 6 heteroatoms. The molecule has 0 aromatic rings. The molecule has 0 atom stereocenters. The number of amides is 1. The Morgan fingerprint density at radius 2 is 2.00 bits per heavy atom. The van der Waals surface area contributed by atoms with Gasteiger partial charge in [-0.2, -0.15) is 13.2 Å². The third-order valence-electron chi connectivity index (χ3n) is 2.06. The van der Waals surface area contributed by atoms with Crippen LogP contribution in [-0.2, 0) is 4.79 Å². The van der Waals surface area contributed by atoms with Crippen molar-refractivity contribution in [2.75, 3.05) is 0 Å². The van der Waals surface area contributed by atoms with Gasteiger partial charge in [-0.05, 0) is 12.8 Å². The first kappa shape index (κ1) is 10.1. The zero-order chi connectivity index (χ0) is 9.41. The van der Waals surface area contributed by atoms with Gasteiger partial charge in [0.15, 0.2) is 0 Å². The Bertz CT molecular complexity index is 199. The highest BCUT2D eigenvalue weighted by Crippen LogP contribution is 2.59. The molecule has 1 rings (SSSR count). The maximum absolute atomic E-state index is 12.2. The van der Waals surface area contributed by atoms with Crippen molar-refractivity contribution in [3.8, 4) is 0 Å². The third kappa shape index (κ3) is 1.83. The van der Waals surface area contributed by atoms with E-state index in [4.69, 9.17) is 0 Å². The van der Waals surface area contributed by atoms with Crippen molar-refractivity contribution in [2.45, 2.75) is 25.4 Å². The molecule has 0 aromatic carbocycles. The van der Waals surface area contributed by atoms with E-state index in [1.54, 1.807) is 22.9 Å². The van der Waals surface area contributed by atoms with Crippen LogP contribution in [0.15, 0.2) is 0 Å². The lowest BCUT2D eigenvalue weighted by Gasteiger charge is -2.17. The van der Waals surface area contributed by atoms with E-state index in [2.05, 4.69) is 3.53 Å². The molecule has 0 aliphatic heterocycles. The Hall–Kier alpha value is -0.0100. The lowest BCUT2D eigenvalue weighted by molar-refractivity contribution is -0.190. The van der Waals surface area contributed by atoms with Crippen LogP contribution in [0.25, 0.3) is 0 Å². The molecule has 1 saturated carbocycles. The summed E-state index contributed by atoms with van der Waals surface area (Å²) in [5.41, 5.74) is -1.71. The van der Waals surface area contributed by atoms with E-state index in [1.165, 1.54) is 0 Å². The summed E-state index contributed by atoms with van der Waals surface area (Å²) in [4.78, 5) is 10.7. The van der Waals surface area contributed by atoms with E-state index >= 15 is 0 Å². The first-order valence-corrected chi connectivity index (χ1v) is 4.45. The molecule has 1 aliphatic carbocycles. The van der Waals surface area contributed by atoms with Crippen LogP contribution in [0.5, 0.6) is 0 Å². The van der Waals surface area contributed by atoms with Crippen molar-refractivity contribution in [1.82, 2.24) is 3.53 Å². The summed E-state index contributed by atoms with van der Waals surface area (Å²) >= 11 is 1.54. The van der Waals surface area contributed by atoms with E-state index in [1.807, 2.05) is 0 Å². The first-order chi connectivity index (χ1) is 5.41. The predicted octanol–water partition coefficient (Wildman–Crippen LogP) is 2.19. The molecule has 2 nitrogen and oxygen atoms in total. The van der Waals surface area contributed by atoms with E-state index in [0.29, 0.717) is 0 Å². The molecule has 1 fully saturated rings. The van der Waals surface area contributed by atoms with Crippen molar-refractivity contribution in [3.63, 3.8) is 0 Å². The molecule has 0 radical (unpaired) electrons. The largest absolute Gasteiger partial charge is 0.395 e. The number of nitrogens with one attached hydrogen (secondary N) is 1. The normalized spacial score (nSPS) is 20.3. The van der Waals surface area contributed by atoms with Gasteiger partial charge in [0.2, 0.25) is 5.91 Å². The summed E-state index contributed by atoms with van der Waals surface area (Å²) in [6.07, 6.45) is -4.49. The van der Waals surface area contributed by atoms with Crippen LogP contribution < -0.4 is 3.53 Å². The van der Waals surface area contributed by atoms with Crippen molar-refractivity contribution >= 4 is 28.8 Å². The molecule has 0 bridgehead atoms. The first-order valence-electron chi connectivity index (χ1n) is 3.37. The van der Waals surface area contributed by atoms with Gasteiger partial charge in [0.05, 0.1) is 28.3 Å². The maximum atomic E-state index is 12.2. The van der Waals surface area contributed by atoms with Crippen molar-refractivity contribution in [1.29, 1.82) is 0 Å². The summed E-state index contributed by atoms with van der Waals surface area (Å²) in [6.45, 7) is 0. The number of hydrogen-bond acceptors (Lipinski definition) is 1. The highest BCUT2D eigenvalue weighted by Gasteiger charge is 2.63. The smallest absolute Gasteiger partial charge is 0.299 e. The van der Waals surface area contributed by atoms with Crippen molar-refractivity contribution in [2.24, 2.45) is 5.41 Å². The fourth-order valence-corrected chi connectivity index (χ4v) is 1.24. The summed E-state index contributed by atoms with van der Waals surface area (Å²) in [5.74, 6) is -0.551. The van der Waals surface area contributed by atoms with E-state index < -0.39 is 23.9 Å². The zero-order valence-corrected chi connectivity index (χ0v) is 8.20. The van der Waals surface area contributed by atoms with Gasteiger partial charge in [0, 0.05) is 6.42 Å².